The standard InChI is InChI=1S/C14H23N3/c1-3-14(7-4-5-8-14)11-15-10-13-6-9-16-12(2)17-13/h6,9,15H,3-5,7-8,10-11H2,1-2H3. The SMILES string of the molecule is CCC1(CNCc2ccnc(C)n2)CCCC1. The number of nitrogens with zero attached hydrogens (tertiary/aromatic N) is 2. The van der Waals surface area contributed by atoms with Gasteiger partial charge in [-0.15, -0.1) is 0 Å². The van der Waals surface area contributed by atoms with Crippen molar-refractivity contribution < 1.29 is 0 Å². The fourth-order valence-electron chi connectivity index (χ4n) is 2.84. The van der Waals surface area contributed by atoms with Gasteiger partial charge in [0.1, 0.15) is 5.82 Å². The summed E-state index contributed by atoms with van der Waals surface area (Å²) in [6, 6.07) is 1.99. The zero-order valence-corrected chi connectivity index (χ0v) is 11.0. The average Bonchev–Trinajstić information content (AvgIpc) is 2.79. The summed E-state index contributed by atoms with van der Waals surface area (Å²) in [6.07, 6.45) is 8.72. The topological polar surface area (TPSA) is 37.8 Å². The molecular weight excluding hydrogens is 210 g/mol. The van der Waals surface area contributed by atoms with Crippen LogP contribution in [-0.2, 0) is 6.54 Å². The van der Waals surface area contributed by atoms with Gasteiger partial charge in [0, 0.05) is 19.3 Å². The molecule has 1 saturated carbocycles. The van der Waals surface area contributed by atoms with Gasteiger partial charge in [-0.2, -0.15) is 0 Å². The summed E-state index contributed by atoms with van der Waals surface area (Å²) in [6.45, 7) is 6.26. The van der Waals surface area contributed by atoms with E-state index in [0.717, 1.165) is 24.6 Å². The maximum atomic E-state index is 4.41. The Balaban J connectivity index is 1.82. The minimum Gasteiger partial charge on any atom is -0.311 e. The lowest BCUT2D eigenvalue weighted by atomic mass is 9.83. The molecule has 0 saturated heterocycles. The third kappa shape index (κ3) is 3.25. The molecule has 1 aliphatic carbocycles. The second-order valence-corrected chi connectivity index (χ2v) is 5.26. The van der Waals surface area contributed by atoms with Crippen molar-refractivity contribution >= 4 is 0 Å². The summed E-state index contributed by atoms with van der Waals surface area (Å²) in [5.74, 6) is 0.857. The smallest absolute Gasteiger partial charge is 0.125 e. The molecule has 0 amide bonds. The quantitative estimate of drug-likeness (QED) is 0.849. The molecule has 94 valence electrons. The van der Waals surface area contributed by atoms with E-state index in [0.29, 0.717) is 5.41 Å². The molecule has 3 heteroatoms. The van der Waals surface area contributed by atoms with E-state index >= 15 is 0 Å². The molecule has 0 radical (unpaired) electrons. The van der Waals surface area contributed by atoms with Crippen LogP contribution >= 0.6 is 0 Å². The molecule has 0 bridgehead atoms. The van der Waals surface area contributed by atoms with Gasteiger partial charge in [-0.1, -0.05) is 19.8 Å². The molecule has 2 rings (SSSR count). The molecule has 0 aliphatic heterocycles. The minimum atomic E-state index is 0.558. The molecular formula is C14H23N3. The second-order valence-electron chi connectivity index (χ2n) is 5.26. The van der Waals surface area contributed by atoms with Gasteiger partial charge in [-0.25, -0.2) is 9.97 Å². The fraction of sp³-hybridized carbons (Fsp3) is 0.714. The molecule has 3 nitrogen and oxygen atoms in total. The largest absolute Gasteiger partial charge is 0.311 e. The Kier molecular flexibility index (Phi) is 4.11. The highest BCUT2D eigenvalue weighted by Crippen LogP contribution is 2.40. The van der Waals surface area contributed by atoms with E-state index in [-0.39, 0.29) is 0 Å². The highest BCUT2D eigenvalue weighted by atomic mass is 14.9. The van der Waals surface area contributed by atoms with E-state index < -0.39 is 0 Å². The van der Waals surface area contributed by atoms with E-state index in [1.54, 1.807) is 0 Å². The van der Waals surface area contributed by atoms with E-state index in [9.17, 15) is 0 Å². The maximum absolute atomic E-state index is 4.41. The summed E-state index contributed by atoms with van der Waals surface area (Å²) < 4.78 is 0. The summed E-state index contributed by atoms with van der Waals surface area (Å²) in [4.78, 5) is 8.53. The van der Waals surface area contributed by atoms with Crippen molar-refractivity contribution in [1.82, 2.24) is 15.3 Å². The highest BCUT2D eigenvalue weighted by Gasteiger charge is 2.31. The molecule has 1 aromatic rings. The van der Waals surface area contributed by atoms with Gasteiger partial charge in [0.05, 0.1) is 5.69 Å². The van der Waals surface area contributed by atoms with Crippen LogP contribution in [0.2, 0.25) is 0 Å². The van der Waals surface area contributed by atoms with E-state index in [1.807, 2.05) is 19.2 Å². The first kappa shape index (κ1) is 12.5. The zero-order valence-electron chi connectivity index (χ0n) is 11.0. The van der Waals surface area contributed by atoms with Crippen LogP contribution in [0, 0.1) is 12.3 Å². The molecule has 0 unspecified atom stereocenters. The molecule has 0 spiro atoms. The Morgan fingerprint density at radius 1 is 1.35 bits per heavy atom. The van der Waals surface area contributed by atoms with Gasteiger partial charge in [0.15, 0.2) is 0 Å². The van der Waals surface area contributed by atoms with Gasteiger partial charge in [-0.3, -0.25) is 0 Å². The van der Waals surface area contributed by atoms with Crippen LogP contribution in [0.5, 0.6) is 0 Å². The molecule has 0 aromatic carbocycles. The Morgan fingerprint density at radius 2 is 2.12 bits per heavy atom. The first-order valence-electron chi connectivity index (χ1n) is 6.73. The number of aromatic nitrogens is 2. The zero-order chi connectivity index (χ0) is 12.1. The first-order chi connectivity index (χ1) is 8.24. The van der Waals surface area contributed by atoms with E-state index in [1.165, 1.54) is 32.1 Å². The summed E-state index contributed by atoms with van der Waals surface area (Å²) in [5.41, 5.74) is 1.66. The third-order valence-corrected chi connectivity index (χ3v) is 4.05. The van der Waals surface area contributed by atoms with Crippen molar-refractivity contribution in [3.63, 3.8) is 0 Å². The third-order valence-electron chi connectivity index (χ3n) is 4.05. The number of hydrogen-bond acceptors (Lipinski definition) is 3. The number of rotatable bonds is 5. The van der Waals surface area contributed by atoms with Gasteiger partial charge in [0.2, 0.25) is 0 Å². The maximum Gasteiger partial charge on any atom is 0.125 e. The molecule has 0 atom stereocenters. The predicted octanol–water partition coefficient (Wildman–Crippen LogP) is 2.85. The molecule has 1 N–H and O–H groups in total. The van der Waals surface area contributed by atoms with Crippen LogP contribution < -0.4 is 5.32 Å². The summed E-state index contributed by atoms with van der Waals surface area (Å²) in [7, 11) is 0. The Labute approximate surface area is 104 Å². The molecule has 1 fully saturated rings. The van der Waals surface area contributed by atoms with Crippen LogP contribution in [0.1, 0.15) is 50.5 Å². The monoisotopic (exact) mass is 233 g/mol. The van der Waals surface area contributed by atoms with Crippen LogP contribution in [0.4, 0.5) is 0 Å². The van der Waals surface area contributed by atoms with Crippen LogP contribution in [-0.4, -0.2) is 16.5 Å². The van der Waals surface area contributed by atoms with Gasteiger partial charge in [0.25, 0.3) is 0 Å². The van der Waals surface area contributed by atoms with E-state index in [2.05, 4.69) is 22.2 Å². The van der Waals surface area contributed by atoms with Gasteiger partial charge >= 0.3 is 0 Å². The second kappa shape index (κ2) is 5.58. The minimum absolute atomic E-state index is 0.558. The summed E-state index contributed by atoms with van der Waals surface area (Å²) >= 11 is 0. The van der Waals surface area contributed by atoms with Crippen molar-refractivity contribution in [2.45, 2.75) is 52.5 Å². The van der Waals surface area contributed by atoms with Crippen molar-refractivity contribution in [2.24, 2.45) is 5.41 Å². The highest BCUT2D eigenvalue weighted by molar-refractivity contribution is 5.01. The molecule has 1 heterocycles. The average molecular weight is 233 g/mol. The predicted molar refractivity (Wildman–Crippen MR) is 69.7 cm³/mol. The van der Waals surface area contributed by atoms with Crippen molar-refractivity contribution in [1.29, 1.82) is 0 Å². The molecule has 17 heavy (non-hydrogen) atoms. The molecule has 1 aromatic heterocycles. The Hall–Kier alpha value is -0.960. The number of hydrogen-bond donors (Lipinski definition) is 1. The van der Waals surface area contributed by atoms with Crippen molar-refractivity contribution in [2.75, 3.05) is 6.54 Å². The lowest BCUT2D eigenvalue weighted by Crippen LogP contribution is -2.31. The van der Waals surface area contributed by atoms with Gasteiger partial charge < -0.3 is 5.32 Å². The summed E-state index contributed by atoms with van der Waals surface area (Å²) in [5, 5.41) is 3.57. The Morgan fingerprint density at radius 3 is 2.76 bits per heavy atom. The molecule has 1 aliphatic rings. The first-order valence-corrected chi connectivity index (χ1v) is 6.73. The van der Waals surface area contributed by atoms with Crippen LogP contribution in [0.15, 0.2) is 12.3 Å². The number of aryl methyl sites for hydroxylation is 1. The lowest BCUT2D eigenvalue weighted by Gasteiger charge is -2.27. The number of nitrogens with one attached hydrogen (secondary N) is 1. The van der Waals surface area contributed by atoms with Crippen molar-refractivity contribution in [3.8, 4) is 0 Å². The van der Waals surface area contributed by atoms with Crippen LogP contribution in [0.3, 0.4) is 0 Å². The lowest BCUT2D eigenvalue weighted by molar-refractivity contribution is 0.268. The van der Waals surface area contributed by atoms with Crippen molar-refractivity contribution in [3.05, 3.63) is 23.8 Å². The van der Waals surface area contributed by atoms with Crippen LogP contribution in [0.25, 0.3) is 0 Å². The van der Waals surface area contributed by atoms with E-state index in [4.69, 9.17) is 0 Å². The Bertz CT molecular complexity index is 356. The van der Waals surface area contributed by atoms with Gasteiger partial charge in [-0.05, 0) is 37.7 Å². The fourth-order valence-corrected chi connectivity index (χ4v) is 2.84. The normalized spacial score (nSPS) is 18.5.